The molecular formula is C14H13Cl2FN2. The van der Waals surface area contributed by atoms with Crippen molar-refractivity contribution in [1.29, 1.82) is 0 Å². The van der Waals surface area contributed by atoms with Crippen molar-refractivity contribution in [2.24, 2.45) is 0 Å². The summed E-state index contributed by atoms with van der Waals surface area (Å²) in [6.07, 6.45) is 0.430. The van der Waals surface area contributed by atoms with E-state index in [-0.39, 0.29) is 11.7 Å². The monoisotopic (exact) mass is 298 g/mol. The van der Waals surface area contributed by atoms with Gasteiger partial charge in [-0.15, -0.1) is 0 Å². The lowest BCUT2D eigenvalue weighted by atomic mass is 10.1. The predicted octanol–water partition coefficient (Wildman–Crippen LogP) is 4.64. The number of nitrogens with zero attached hydrogens (tertiary/aromatic N) is 2. The highest BCUT2D eigenvalue weighted by atomic mass is 35.5. The Labute approximate surface area is 121 Å². The lowest BCUT2D eigenvalue weighted by molar-refractivity contribution is 0.627. The maximum absolute atomic E-state index is 13.0. The third-order valence-electron chi connectivity index (χ3n) is 2.72. The Bertz CT molecular complexity index is 600. The zero-order valence-electron chi connectivity index (χ0n) is 10.6. The van der Waals surface area contributed by atoms with Crippen LogP contribution in [-0.2, 0) is 6.42 Å². The molecule has 0 aliphatic rings. The van der Waals surface area contributed by atoms with Crippen molar-refractivity contribution < 1.29 is 4.39 Å². The predicted molar refractivity (Wildman–Crippen MR) is 75.3 cm³/mol. The molecular weight excluding hydrogens is 286 g/mol. The Morgan fingerprint density at radius 2 is 1.89 bits per heavy atom. The first kappa shape index (κ1) is 14.2. The quantitative estimate of drug-likeness (QED) is 0.772. The highest BCUT2D eigenvalue weighted by Crippen LogP contribution is 2.21. The molecule has 100 valence electrons. The summed E-state index contributed by atoms with van der Waals surface area (Å²) in [5, 5.41) is 0.779. The van der Waals surface area contributed by atoms with Crippen LogP contribution in [0.2, 0.25) is 10.2 Å². The van der Waals surface area contributed by atoms with E-state index >= 15 is 0 Å². The Morgan fingerprint density at radius 1 is 1.16 bits per heavy atom. The molecule has 0 amide bonds. The molecule has 0 N–H and O–H groups in total. The number of hydrogen-bond acceptors (Lipinski definition) is 2. The average Bonchev–Trinajstić information content (AvgIpc) is 2.32. The summed E-state index contributed by atoms with van der Waals surface area (Å²) in [7, 11) is 0. The lowest BCUT2D eigenvalue weighted by Crippen LogP contribution is -2.02. The van der Waals surface area contributed by atoms with Gasteiger partial charge in [-0.3, -0.25) is 0 Å². The third kappa shape index (κ3) is 3.64. The molecule has 0 spiro atoms. The van der Waals surface area contributed by atoms with Crippen LogP contribution in [0, 0.1) is 5.82 Å². The summed E-state index contributed by atoms with van der Waals surface area (Å²) < 4.78 is 13.0. The van der Waals surface area contributed by atoms with Gasteiger partial charge >= 0.3 is 0 Å². The van der Waals surface area contributed by atoms with E-state index in [1.165, 1.54) is 12.1 Å². The number of halogens is 3. The van der Waals surface area contributed by atoms with Gasteiger partial charge < -0.3 is 0 Å². The van der Waals surface area contributed by atoms with Gasteiger partial charge in [-0.05, 0) is 29.7 Å². The minimum Gasteiger partial charge on any atom is -0.237 e. The summed E-state index contributed by atoms with van der Waals surface area (Å²) in [4.78, 5) is 8.62. The average molecular weight is 299 g/mol. The summed E-state index contributed by atoms with van der Waals surface area (Å²) in [5.74, 6) is 0.497. The Hall–Kier alpha value is -1.19. The van der Waals surface area contributed by atoms with Crippen molar-refractivity contribution in [3.63, 3.8) is 0 Å². The van der Waals surface area contributed by atoms with Gasteiger partial charge in [0, 0.05) is 17.1 Å². The molecule has 0 aliphatic heterocycles. The van der Waals surface area contributed by atoms with Crippen molar-refractivity contribution in [3.05, 3.63) is 57.3 Å². The van der Waals surface area contributed by atoms with E-state index in [2.05, 4.69) is 9.97 Å². The molecule has 1 heterocycles. The van der Waals surface area contributed by atoms with Gasteiger partial charge in [0.25, 0.3) is 0 Å². The molecule has 0 fully saturated rings. The van der Waals surface area contributed by atoms with Crippen molar-refractivity contribution in [2.75, 3.05) is 0 Å². The molecule has 0 saturated heterocycles. The Kier molecular flexibility index (Phi) is 4.38. The minimum absolute atomic E-state index is 0.267. The molecule has 0 saturated carbocycles. The molecule has 0 unspecified atom stereocenters. The molecule has 0 radical (unpaired) electrons. The van der Waals surface area contributed by atoms with Crippen LogP contribution in [0.15, 0.2) is 24.3 Å². The van der Waals surface area contributed by atoms with Crippen LogP contribution in [-0.4, -0.2) is 9.97 Å². The van der Waals surface area contributed by atoms with E-state index in [1.54, 1.807) is 12.1 Å². The van der Waals surface area contributed by atoms with Gasteiger partial charge in [0.1, 0.15) is 16.8 Å². The van der Waals surface area contributed by atoms with Crippen LogP contribution in [0.4, 0.5) is 4.39 Å². The summed E-state index contributed by atoms with van der Waals surface area (Å²) in [5.41, 5.74) is 1.66. The number of aromatic nitrogens is 2. The summed E-state index contributed by atoms with van der Waals surface area (Å²) in [6, 6.07) is 6.04. The van der Waals surface area contributed by atoms with Crippen LogP contribution in [0.3, 0.4) is 0 Å². The highest BCUT2D eigenvalue weighted by Gasteiger charge is 2.09. The number of hydrogen-bond donors (Lipinski definition) is 0. The summed E-state index contributed by atoms with van der Waals surface area (Å²) in [6.45, 7) is 4.07. The van der Waals surface area contributed by atoms with Crippen LogP contribution in [0.25, 0.3) is 0 Å². The third-order valence-corrected chi connectivity index (χ3v) is 3.26. The van der Waals surface area contributed by atoms with Gasteiger partial charge in [0.05, 0.1) is 0 Å². The zero-order valence-corrected chi connectivity index (χ0v) is 12.1. The molecule has 0 aliphatic carbocycles. The standard InChI is InChI=1S/C14H13Cl2FN2/c1-8(2)12-7-13(16)19-14(18-12)5-9-3-4-10(17)6-11(9)15/h3-4,6-8H,5H2,1-2H3. The maximum atomic E-state index is 13.0. The van der Waals surface area contributed by atoms with E-state index in [4.69, 9.17) is 23.2 Å². The van der Waals surface area contributed by atoms with E-state index in [1.807, 2.05) is 13.8 Å². The van der Waals surface area contributed by atoms with Crippen molar-refractivity contribution in [2.45, 2.75) is 26.2 Å². The minimum atomic E-state index is -0.358. The largest absolute Gasteiger partial charge is 0.237 e. The highest BCUT2D eigenvalue weighted by molar-refractivity contribution is 6.31. The molecule has 19 heavy (non-hydrogen) atoms. The molecule has 0 atom stereocenters. The van der Waals surface area contributed by atoms with Gasteiger partial charge in [0.2, 0.25) is 0 Å². The van der Waals surface area contributed by atoms with Crippen molar-refractivity contribution in [3.8, 4) is 0 Å². The SMILES string of the molecule is CC(C)c1cc(Cl)nc(Cc2ccc(F)cc2Cl)n1. The molecule has 0 bridgehead atoms. The van der Waals surface area contributed by atoms with Crippen LogP contribution in [0.1, 0.15) is 36.8 Å². The fraction of sp³-hybridized carbons (Fsp3) is 0.286. The molecule has 1 aromatic heterocycles. The lowest BCUT2D eigenvalue weighted by Gasteiger charge is -2.08. The van der Waals surface area contributed by atoms with Gasteiger partial charge in [-0.2, -0.15) is 0 Å². The maximum Gasteiger partial charge on any atom is 0.134 e. The topological polar surface area (TPSA) is 25.8 Å². The second kappa shape index (κ2) is 5.85. The zero-order chi connectivity index (χ0) is 14.0. The molecule has 2 aromatic rings. The second-order valence-corrected chi connectivity index (χ2v) is 5.39. The molecule has 5 heteroatoms. The first-order valence-electron chi connectivity index (χ1n) is 5.93. The first-order chi connectivity index (χ1) is 8.95. The fourth-order valence-electron chi connectivity index (χ4n) is 1.69. The molecule has 2 nitrogen and oxygen atoms in total. The summed E-state index contributed by atoms with van der Waals surface area (Å²) >= 11 is 12.0. The fourth-order valence-corrected chi connectivity index (χ4v) is 2.14. The van der Waals surface area contributed by atoms with E-state index < -0.39 is 0 Å². The van der Waals surface area contributed by atoms with Crippen molar-refractivity contribution >= 4 is 23.2 Å². The van der Waals surface area contributed by atoms with Crippen LogP contribution < -0.4 is 0 Å². The van der Waals surface area contributed by atoms with Gasteiger partial charge in [-0.25, -0.2) is 14.4 Å². The smallest absolute Gasteiger partial charge is 0.134 e. The molecule has 2 rings (SSSR count). The Balaban J connectivity index is 2.32. The number of benzene rings is 1. The van der Waals surface area contributed by atoms with E-state index in [0.29, 0.717) is 22.4 Å². The van der Waals surface area contributed by atoms with Crippen LogP contribution >= 0.6 is 23.2 Å². The second-order valence-electron chi connectivity index (χ2n) is 4.60. The normalized spacial score (nSPS) is 11.1. The van der Waals surface area contributed by atoms with Gasteiger partial charge in [0.15, 0.2) is 0 Å². The number of rotatable bonds is 3. The van der Waals surface area contributed by atoms with E-state index in [9.17, 15) is 4.39 Å². The Morgan fingerprint density at radius 3 is 2.53 bits per heavy atom. The first-order valence-corrected chi connectivity index (χ1v) is 6.68. The van der Waals surface area contributed by atoms with Crippen LogP contribution in [0.5, 0.6) is 0 Å². The van der Waals surface area contributed by atoms with Gasteiger partial charge in [-0.1, -0.05) is 43.1 Å². The van der Waals surface area contributed by atoms with Crippen molar-refractivity contribution in [1.82, 2.24) is 9.97 Å². The molecule has 1 aromatic carbocycles. The van der Waals surface area contributed by atoms with E-state index in [0.717, 1.165) is 11.3 Å².